The van der Waals surface area contributed by atoms with E-state index >= 15 is 0 Å². The second-order valence-corrected chi connectivity index (χ2v) is 6.40. The Labute approximate surface area is 170 Å². The molecular formula is C20H15ClN2O6. The van der Waals surface area contributed by atoms with Gasteiger partial charge in [-0.25, -0.2) is 14.3 Å². The number of fused-ring (bicyclic) bond motifs is 1. The molecule has 0 atom stereocenters. The third-order valence-corrected chi connectivity index (χ3v) is 4.68. The predicted octanol–water partition coefficient (Wildman–Crippen LogP) is 3.49. The quantitative estimate of drug-likeness (QED) is 0.603. The largest absolute Gasteiger partial charge is 0.465 e. The number of hydrogen-bond acceptors (Lipinski definition) is 7. The first-order valence-electron chi connectivity index (χ1n) is 8.49. The molecule has 8 nitrogen and oxygen atoms in total. The summed E-state index contributed by atoms with van der Waals surface area (Å²) in [6.07, 6.45) is 0. The number of carbonyl (C=O) groups excluding carboxylic acids is 2. The van der Waals surface area contributed by atoms with E-state index in [2.05, 4.69) is 5.10 Å². The average Bonchev–Trinajstić information content (AvgIpc) is 3.36. The van der Waals surface area contributed by atoms with Crippen LogP contribution in [0.4, 0.5) is 0 Å². The number of nitrogens with zero attached hydrogens (tertiary/aromatic N) is 2. The highest BCUT2D eigenvalue weighted by atomic mass is 35.5. The standard InChI is InChI=1S/C20H15ClN2O6/c1-26-19(24)16-17(12-8-14-15(9-13(12)21)29-10-28-14)22-23(18(16)20(25)27-2)11-6-4-3-5-7-11/h3-9H,10H2,1-2H3. The SMILES string of the molecule is COC(=O)c1c(-c2cc3c(cc2Cl)OCO3)nn(-c2ccccc2)c1C(=O)OC. The number of hydrogen-bond donors (Lipinski definition) is 0. The van der Waals surface area contributed by atoms with Gasteiger partial charge < -0.3 is 18.9 Å². The van der Waals surface area contributed by atoms with Crippen molar-refractivity contribution in [2.45, 2.75) is 0 Å². The van der Waals surface area contributed by atoms with Crippen molar-refractivity contribution in [1.82, 2.24) is 9.78 Å². The van der Waals surface area contributed by atoms with Gasteiger partial charge in [-0.15, -0.1) is 0 Å². The van der Waals surface area contributed by atoms with Gasteiger partial charge in [-0.1, -0.05) is 29.8 Å². The average molecular weight is 415 g/mol. The van der Waals surface area contributed by atoms with Crippen LogP contribution in [0.25, 0.3) is 16.9 Å². The van der Waals surface area contributed by atoms with Gasteiger partial charge in [0.1, 0.15) is 11.3 Å². The van der Waals surface area contributed by atoms with Gasteiger partial charge in [0.15, 0.2) is 17.2 Å². The molecule has 1 aliphatic rings. The van der Waals surface area contributed by atoms with Crippen LogP contribution in [-0.2, 0) is 9.47 Å². The highest BCUT2D eigenvalue weighted by Crippen LogP contribution is 2.42. The van der Waals surface area contributed by atoms with E-state index in [1.54, 1.807) is 36.4 Å². The number of aromatic nitrogens is 2. The molecule has 4 rings (SSSR count). The van der Waals surface area contributed by atoms with E-state index in [1.807, 2.05) is 6.07 Å². The Bertz CT molecular complexity index is 1110. The first-order valence-corrected chi connectivity index (χ1v) is 8.87. The Morgan fingerprint density at radius 1 is 1.03 bits per heavy atom. The topological polar surface area (TPSA) is 88.9 Å². The summed E-state index contributed by atoms with van der Waals surface area (Å²) in [6.45, 7) is 0.0604. The molecule has 0 spiro atoms. The number of carbonyl (C=O) groups is 2. The number of ether oxygens (including phenoxy) is 4. The minimum Gasteiger partial charge on any atom is -0.465 e. The molecule has 9 heteroatoms. The Hall–Kier alpha value is -3.52. The van der Waals surface area contributed by atoms with Crippen LogP contribution < -0.4 is 9.47 Å². The van der Waals surface area contributed by atoms with Gasteiger partial charge in [0.05, 0.1) is 24.9 Å². The van der Waals surface area contributed by atoms with Crippen LogP contribution in [-0.4, -0.2) is 42.7 Å². The molecule has 0 fully saturated rings. The van der Waals surface area contributed by atoms with Crippen molar-refractivity contribution in [3.05, 3.63) is 58.7 Å². The molecule has 29 heavy (non-hydrogen) atoms. The molecule has 0 aliphatic carbocycles. The molecule has 0 amide bonds. The summed E-state index contributed by atoms with van der Waals surface area (Å²) in [5, 5.41) is 4.78. The first-order chi connectivity index (χ1) is 14.0. The zero-order chi connectivity index (χ0) is 20.5. The minimum absolute atomic E-state index is 0.0604. The molecule has 1 aliphatic heterocycles. The maximum Gasteiger partial charge on any atom is 0.357 e. The lowest BCUT2D eigenvalue weighted by Crippen LogP contribution is -2.15. The fraction of sp³-hybridized carbons (Fsp3) is 0.150. The normalized spacial score (nSPS) is 12.0. The maximum absolute atomic E-state index is 12.7. The molecule has 3 aromatic rings. The molecular weight excluding hydrogens is 400 g/mol. The second kappa shape index (κ2) is 7.48. The summed E-state index contributed by atoms with van der Waals surface area (Å²) in [6, 6.07) is 12.0. The highest BCUT2D eigenvalue weighted by molar-refractivity contribution is 6.33. The van der Waals surface area contributed by atoms with Crippen LogP contribution in [0.15, 0.2) is 42.5 Å². The van der Waals surface area contributed by atoms with Crippen molar-refractivity contribution in [1.29, 1.82) is 0 Å². The number of methoxy groups -OCH3 is 2. The lowest BCUT2D eigenvalue weighted by Gasteiger charge is -2.07. The summed E-state index contributed by atoms with van der Waals surface area (Å²) in [5.41, 5.74) is 0.958. The lowest BCUT2D eigenvalue weighted by molar-refractivity contribution is 0.0549. The Kier molecular flexibility index (Phi) is 4.85. The fourth-order valence-corrected chi connectivity index (χ4v) is 3.29. The molecule has 0 radical (unpaired) electrons. The number of para-hydroxylation sites is 1. The van der Waals surface area contributed by atoms with Crippen LogP contribution in [0, 0.1) is 0 Å². The molecule has 2 heterocycles. The van der Waals surface area contributed by atoms with Crippen molar-refractivity contribution in [2.24, 2.45) is 0 Å². The molecule has 0 N–H and O–H groups in total. The van der Waals surface area contributed by atoms with Gasteiger partial charge in [0, 0.05) is 11.6 Å². The van der Waals surface area contributed by atoms with Gasteiger partial charge in [0.25, 0.3) is 0 Å². The Morgan fingerprint density at radius 2 is 1.69 bits per heavy atom. The zero-order valence-corrected chi connectivity index (χ0v) is 16.2. The van der Waals surface area contributed by atoms with E-state index in [9.17, 15) is 9.59 Å². The van der Waals surface area contributed by atoms with Gasteiger partial charge in [-0.3, -0.25) is 0 Å². The molecule has 148 valence electrons. The van der Waals surface area contributed by atoms with Crippen molar-refractivity contribution in [3.8, 4) is 28.4 Å². The van der Waals surface area contributed by atoms with Crippen LogP contribution in [0.2, 0.25) is 5.02 Å². The molecule has 0 saturated heterocycles. The van der Waals surface area contributed by atoms with Gasteiger partial charge in [-0.05, 0) is 18.2 Å². The predicted molar refractivity (Wildman–Crippen MR) is 103 cm³/mol. The highest BCUT2D eigenvalue weighted by Gasteiger charge is 2.33. The molecule has 0 saturated carbocycles. The molecule has 0 unspecified atom stereocenters. The van der Waals surface area contributed by atoms with E-state index in [-0.39, 0.29) is 28.8 Å². The van der Waals surface area contributed by atoms with Crippen molar-refractivity contribution in [3.63, 3.8) is 0 Å². The fourth-order valence-electron chi connectivity index (χ4n) is 3.04. The van der Waals surface area contributed by atoms with Gasteiger partial charge in [0.2, 0.25) is 6.79 Å². The van der Waals surface area contributed by atoms with E-state index in [4.69, 9.17) is 30.5 Å². The zero-order valence-electron chi connectivity index (χ0n) is 15.5. The third kappa shape index (κ3) is 3.17. The van der Waals surface area contributed by atoms with Crippen LogP contribution in [0.1, 0.15) is 20.8 Å². The van der Waals surface area contributed by atoms with E-state index < -0.39 is 11.9 Å². The van der Waals surface area contributed by atoms with Crippen molar-refractivity contribution in [2.75, 3.05) is 21.0 Å². The molecule has 0 bridgehead atoms. The smallest absolute Gasteiger partial charge is 0.357 e. The Balaban J connectivity index is 2.03. The van der Waals surface area contributed by atoms with Gasteiger partial charge >= 0.3 is 11.9 Å². The summed E-state index contributed by atoms with van der Waals surface area (Å²) in [7, 11) is 2.44. The van der Waals surface area contributed by atoms with E-state index in [0.29, 0.717) is 22.7 Å². The minimum atomic E-state index is -0.753. The van der Waals surface area contributed by atoms with E-state index in [1.165, 1.54) is 18.9 Å². The third-order valence-electron chi connectivity index (χ3n) is 4.37. The maximum atomic E-state index is 12.7. The molecule has 1 aromatic heterocycles. The number of halogens is 1. The second-order valence-electron chi connectivity index (χ2n) is 5.99. The monoisotopic (exact) mass is 414 g/mol. The van der Waals surface area contributed by atoms with E-state index in [0.717, 1.165) is 0 Å². The summed E-state index contributed by atoms with van der Waals surface area (Å²) in [4.78, 5) is 25.3. The lowest BCUT2D eigenvalue weighted by atomic mass is 10.0. The number of rotatable bonds is 4. The summed E-state index contributed by atoms with van der Waals surface area (Å²) in [5.74, 6) is -0.565. The molecule has 2 aromatic carbocycles. The van der Waals surface area contributed by atoms with Crippen LogP contribution in [0.5, 0.6) is 11.5 Å². The first kappa shape index (κ1) is 18.8. The number of benzene rings is 2. The summed E-state index contributed by atoms with van der Waals surface area (Å²) < 4.78 is 21.9. The van der Waals surface area contributed by atoms with Crippen molar-refractivity contribution >= 4 is 23.5 Å². The van der Waals surface area contributed by atoms with Crippen LogP contribution in [0.3, 0.4) is 0 Å². The summed E-state index contributed by atoms with van der Waals surface area (Å²) >= 11 is 6.43. The van der Waals surface area contributed by atoms with Crippen molar-refractivity contribution < 1.29 is 28.5 Å². The number of esters is 2. The Morgan fingerprint density at radius 3 is 2.34 bits per heavy atom. The van der Waals surface area contributed by atoms with Gasteiger partial charge in [-0.2, -0.15) is 5.10 Å². The van der Waals surface area contributed by atoms with Crippen LogP contribution >= 0.6 is 11.6 Å².